The number of hydrogen-bond donors (Lipinski definition) is 1. The van der Waals surface area contributed by atoms with Crippen molar-refractivity contribution in [2.24, 2.45) is 0 Å². The quantitative estimate of drug-likeness (QED) is 0.658. The molecule has 0 saturated carbocycles. The molecule has 0 radical (unpaired) electrons. The van der Waals surface area contributed by atoms with E-state index in [2.05, 4.69) is 0 Å². The molecule has 1 N–H and O–H groups in total. The zero-order chi connectivity index (χ0) is 18.2. The molecule has 0 fully saturated rings. The molecule has 4 heteroatoms. The first kappa shape index (κ1) is 17.5. The standard InChI is InChI=1S/C22H20O4/c23-22(24)21(15-17-7-3-1-4-8-17)26-20-13-11-19(12-14-20)25-16-18-9-5-2-6-10-18/h1-14,21H,15-16H2,(H,23,24). The van der Waals surface area contributed by atoms with Crippen molar-refractivity contribution < 1.29 is 19.4 Å². The Morgan fingerprint density at radius 1 is 0.769 bits per heavy atom. The van der Waals surface area contributed by atoms with E-state index >= 15 is 0 Å². The van der Waals surface area contributed by atoms with Gasteiger partial charge in [-0.15, -0.1) is 0 Å². The van der Waals surface area contributed by atoms with Crippen molar-refractivity contribution in [3.05, 3.63) is 96.1 Å². The van der Waals surface area contributed by atoms with E-state index < -0.39 is 12.1 Å². The third kappa shape index (κ3) is 5.11. The van der Waals surface area contributed by atoms with E-state index in [1.807, 2.05) is 60.7 Å². The molecule has 0 saturated heterocycles. The Kier molecular flexibility index (Phi) is 5.88. The normalized spacial score (nSPS) is 11.5. The number of ether oxygens (including phenoxy) is 2. The second-order valence-corrected chi connectivity index (χ2v) is 5.88. The molecule has 26 heavy (non-hydrogen) atoms. The van der Waals surface area contributed by atoms with Gasteiger partial charge in [-0.1, -0.05) is 60.7 Å². The minimum Gasteiger partial charge on any atom is -0.489 e. The van der Waals surface area contributed by atoms with Crippen LogP contribution in [-0.4, -0.2) is 17.2 Å². The van der Waals surface area contributed by atoms with Crippen LogP contribution in [0.1, 0.15) is 11.1 Å². The molecule has 3 aromatic rings. The van der Waals surface area contributed by atoms with E-state index in [-0.39, 0.29) is 0 Å². The van der Waals surface area contributed by atoms with Gasteiger partial charge in [0.1, 0.15) is 18.1 Å². The number of benzene rings is 3. The highest BCUT2D eigenvalue weighted by molar-refractivity contribution is 5.73. The highest BCUT2D eigenvalue weighted by Gasteiger charge is 2.20. The maximum Gasteiger partial charge on any atom is 0.345 e. The van der Waals surface area contributed by atoms with Crippen LogP contribution in [0, 0.1) is 0 Å². The Balaban J connectivity index is 1.59. The van der Waals surface area contributed by atoms with Crippen molar-refractivity contribution in [1.29, 1.82) is 0 Å². The summed E-state index contributed by atoms with van der Waals surface area (Å²) in [6.45, 7) is 0.479. The zero-order valence-corrected chi connectivity index (χ0v) is 14.2. The highest BCUT2D eigenvalue weighted by atomic mass is 16.5. The van der Waals surface area contributed by atoms with Crippen LogP contribution >= 0.6 is 0 Å². The molecule has 3 aromatic carbocycles. The van der Waals surface area contributed by atoms with Gasteiger partial charge in [0.25, 0.3) is 0 Å². The molecule has 0 aliphatic rings. The molecule has 0 heterocycles. The molecule has 0 bridgehead atoms. The van der Waals surface area contributed by atoms with Crippen molar-refractivity contribution in [2.75, 3.05) is 0 Å². The van der Waals surface area contributed by atoms with Crippen LogP contribution in [-0.2, 0) is 17.8 Å². The topological polar surface area (TPSA) is 55.8 Å². The van der Waals surface area contributed by atoms with E-state index in [1.165, 1.54) is 0 Å². The van der Waals surface area contributed by atoms with Crippen molar-refractivity contribution in [1.82, 2.24) is 0 Å². The summed E-state index contributed by atoms with van der Waals surface area (Å²) < 4.78 is 11.4. The fourth-order valence-electron chi connectivity index (χ4n) is 2.53. The van der Waals surface area contributed by atoms with Crippen molar-refractivity contribution >= 4 is 5.97 Å². The zero-order valence-electron chi connectivity index (χ0n) is 14.2. The molecule has 1 atom stereocenters. The fraction of sp³-hybridized carbons (Fsp3) is 0.136. The number of rotatable bonds is 8. The maximum absolute atomic E-state index is 11.5. The van der Waals surface area contributed by atoms with E-state index in [0.717, 1.165) is 11.1 Å². The number of carboxylic acid groups (broad SMARTS) is 1. The van der Waals surface area contributed by atoms with Crippen LogP contribution < -0.4 is 9.47 Å². The predicted octanol–water partition coefficient (Wildman–Crippen LogP) is 4.34. The molecule has 4 nitrogen and oxygen atoms in total. The lowest BCUT2D eigenvalue weighted by Gasteiger charge is -2.15. The van der Waals surface area contributed by atoms with E-state index in [0.29, 0.717) is 24.5 Å². The molecule has 3 rings (SSSR count). The van der Waals surface area contributed by atoms with Crippen LogP contribution in [0.2, 0.25) is 0 Å². The molecule has 0 aromatic heterocycles. The lowest BCUT2D eigenvalue weighted by Crippen LogP contribution is -2.29. The summed E-state index contributed by atoms with van der Waals surface area (Å²) >= 11 is 0. The second-order valence-electron chi connectivity index (χ2n) is 5.88. The first-order valence-electron chi connectivity index (χ1n) is 8.41. The van der Waals surface area contributed by atoms with Crippen LogP contribution in [0.5, 0.6) is 11.5 Å². The van der Waals surface area contributed by atoms with Gasteiger partial charge in [0.05, 0.1) is 0 Å². The van der Waals surface area contributed by atoms with Gasteiger partial charge in [-0.2, -0.15) is 0 Å². The van der Waals surface area contributed by atoms with E-state index in [9.17, 15) is 9.90 Å². The summed E-state index contributed by atoms with van der Waals surface area (Å²) in [7, 11) is 0. The second kappa shape index (κ2) is 8.72. The van der Waals surface area contributed by atoms with Crippen LogP contribution in [0.4, 0.5) is 0 Å². The van der Waals surface area contributed by atoms with Crippen LogP contribution in [0.25, 0.3) is 0 Å². The Labute approximate surface area is 152 Å². The summed E-state index contributed by atoms with van der Waals surface area (Å²) in [6.07, 6.45) is -0.629. The predicted molar refractivity (Wildman–Crippen MR) is 99.4 cm³/mol. The SMILES string of the molecule is O=C(O)C(Cc1ccccc1)Oc1ccc(OCc2ccccc2)cc1. The summed E-state index contributed by atoms with van der Waals surface area (Å²) in [5, 5.41) is 9.41. The minimum atomic E-state index is -0.988. The first-order valence-corrected chi connectivity index (χ1v) is 8.41. The average Bonchev–Trinajstić information content (AvgIpc) is 2.68. The van der Waals surface area contributed by atoms with Gasteiger partial charge >= 0.3 is 5.97 Å². The highest BCUT2D eigenvalue weighted by Crippen LogP contribution is 2.20. The molecule has 0 amide bonds. The lowest BCUT2D eigenvalue weighted by molar-refractivity contribution is -0.145. The minimum absolute atomic E-state index is 0.308. The largest absolute Gasteiger partial charge is 0.489 e. The Morgan fingerprint density at radius 2 is 1.31 bits per heavy atom. The van der Waals surface area contributed by atoms with Gasteiger partial charge in [-0.05, 0) is 35.4 Å². The molecule has 0 aliphatic heterocycles. The third-order valence-electron chi connectivity index (χ3n) is 3.89. The van der Waals surface area contributed by atoms with Gasteiger partial charge in [-0.25, -0.2) is 4.79 Å². The van der Waals surface area contributed by atoms with Gasteiger partial charge in [0.15, 0.2) is 6.10 Å². The molecule has 0 aliphatic carbocycles. The smallest absolute Gasteiger partial charge is 0.345 e. The van der Waals surface area contributed by atoms with Crippen LogP contribution in [0.15, 0.2) is 84.9 Å². The molecule has 1 unspecified atom stereocenters. The molecule has 0 spiro atoms. The third-order valence-corrected chi connectivity index (χ3v) is 3.89. The van der Waals surface area contributed by atoms with Gasteiger partial charge in [0, 0.05) is 6.42 Å². The lowest BCUT2D eigenvalue weighted by atomic mass is 10.1. The Morgan fingerprint density at radius 3 is 1.88 bits per heavy atom. The van der Waals surface area contributed by atoms with Crippen molar-refractivity contribution in [3.63, 3.8) is 0 Å². The molecule has 132 valence electrons. The average molecular weight is 348 g/mol. The van der Waals surface area contributed by atoms with Gasteiger partial charge < -0.3 is 14.6 Å². The van der Waals surface area contributed by atoms with Crippen LogP contribution in [0.3, 0.4) is 0 Å². The van der Waals surface area contributed by atoms with E-state index in [1.54, 1.807) is 24.3 Å². The van der Waals surface area contributed by atoms with Gasteiger partial charge in [-0.3, -0.25) is 0 Å². The van der Waals surface area contributed by atoms with Crippen molar-refractivity contribution in [3.8, 4) is 11.5 Å². The summed E-state index contributed by atoms with van der Waals surface area (Å²) in [5.74, 6) is 0.217. The monoisotopic (exact) mass is 348 g/mol. The number of carbonyl (C=O) groups is 1. The summed E-state index contributed by atoms with van der Waals surface area (Å²) in [6, 6.07) is 26.3. The number of aliphatic carboxylic acids is 1. The summed E-state index contributed by atoms with van der Waals surface area (Å²) in [4.78, 5) is 11.5. The molecular weight excluding hydrogens is 328 g/mol. The molecular formula is C22H20O4. The van der Waals surface area contributed by atoms with Gasteiger partial charge in [0.2, 0.25) is 0 Å². The maximum atomic E-state index is 11.5. The number of hydrogen-bond acceptors (Lipinski definition) is 3. The Bertz CT molecular complexity index is 814. The first-order chi connectivity index (χ1) is 12.7. The summed E-state index contributed by atoms with van der Waals surface area (Å²) in [5.41, 5.74) is 2.00. The fourth-order valence-corrected chi connectivity index (χ4v) is 2.53. The Hall–Kier alpha value is -3.27. The van der Waals surface area contributed by atoms with E-state index in [4.69, 9.17) is 9.47 Å². The van der Waals surface area contributed by atoms with Crippen molar-refractivity contribution in [2.45, 2.75) is 19.1 Å². The number of carboxylic acids is 1.